The number of benzene rings is 1. The standard InChI is InChI=1S/C10H8F2N2O2/c11-7-2-1-6(3-8(7)12)14-5-9(15)13-4-10(14)16/h1-3H,4-5H2,(H,13,15). The molecule has 1 aliphatic rings. The maximum Gasteiger partial charge on any atom is 0.246 e. The zero-order valence-corrected chi connectivity index (χ0v) is 8.17. The fourth-order valence-electron chi connectivity index (χ4n) is 1.45. The zero-order valence-electron chi connectivity index (χ0n) is 8.17. The normalized spacial score (nSPS) is 16.2. The van der Waals surface area contributed by atoms with Gasteiger partial charge < -0.3 is 10.2 Å². The van der Waals surface area contributed by atoms with Gasteiger partial charge in [-0.1, -0.05) is 0 Å². The summed E-state index contributed by atoms with van der Waals surface area (Å²) in [5, 5.41) is 2.36. The van der Waals surface area contributed by atoms with Crippen LogP contribution in [0.3, 0.4) is 0 Å². The summed E-state index contributed by atoms with van der Waals surface area (Å²) in [5.74, 6) is -2.72. The highest BCUT2D eigenvalue weighted by molar-refractivity contribution is 6.04. The Balaban J connectivity index is 2.31. The fourth-order valence-corrected chi connectivity index (χ4v) is 1.45. The van der Waals surface area contributed by atoms with Crippen molar-refractivity contribution in [3.8, 4) is 0 Å². The molecule has 0 radical (unpaired) electrons. The molecular weight excluding hydrogens is 218 g/mol. The van der Waals surface area contributed by atoms with Gasteiger partial charge in [-0.25, -0.2) is 8.78 Å². The third-order valence-corrected chi connectivity index (χ3v) is 2.25. The Morgan fingerprint density at radius 3 is 2.62 bits per heavy atom. The monoisotopic (exact) mass is 226 g/mol. The maximum atomic E-state index is 12.9. The number of carbonyl (C=O) groups is 2. The number of nitrogens with one attached hydrogen (secondary N) is 1. The molecular formula is C10H8F2N2O2. The molecule has 0 bridgehead atoms. The van der Waals surface area contributed by atoms with E-state index in [0.717, 1.165) is 17.0 Å². The molecule has 0 unspecified atom stereocenters. The maximum absolute atomic E-state index is 12.9. The van der Waals surface area contributed by atoms with Crippen LogP contribution in [0.1, 0.15) is 0 Å². The van der Waals surface area contributed by atoms with Crippen LogP contribution in [0.5, 0.6) is 0 Å². The number of carbonyl (C=O) groups excluding carboxylic acids is 2. The van der Waals surface area contributed by atoms with Crippen molar-refractivity contribution in [3.63, 3.8) is 0 Å². The predicted octanol–water partition coefficient (Wildman–Crippen LogP) is 0.428. The van der Waals surface area contributed by atoms with E-state index < -0.39 is 11.6 Å². The van der Waals surface area contributed by atoms with Crippen molar-refractivity contribution in [2.75, 3.05) is 18.0 Å². The Bertz CT molecular complexity index is 462. The van der Waals surface area contributed by atoms with E-state index in [-0.39, 0.29) is 30.6 Å². The van der Waals surface area contributed by atoms with E-state index in [2.05, 4.69) is 5.32 Å². The number of hydrogen-bond acceptors (Lipinski definition) is 2. The van der Waals surface area contributed by atoms with Crippen LogP contribution in [-0.2, 0) is 9.59 Å². The van der Waals surface area contributed by atoms with Gasteiger partial charge in [0, 0.05) is 11.8 Å². The number of nitrogens with zero attached hydrogens (tertiary/aromatic N) is 1. The van der Waals surface area contributed by atoms with Crippen LogP contribution in [0, 0.1) is 11.6 Å². The topological polar surface area (TPSA) is 49.4 Å². The van der Waals surface area contributed by atoms with Gasteiger partial charge >= 0.3 is 0 Å². The lowest BCUT2D eigenvalue weighted by molar-refractivity contribution is -0.128. The summed E-state index contributed by atoms with van der Waals surface area (Å²) in [7, 11) is 0. The second kappa shape index (κ2) is 3.88. The molecule has 2 rings (SSSR count). The van der Waals surface area contributed by atoms with Crippen molar-refractivity contribution in [1.29, 1.82) is 0 Å². The summed E-state index contributed by atoms with van der Waals surface area (Å²) in [6.07, 6.45) is 0. The minimum absolute atomic E-state index is 0.127. The summed E-state index contributed by atoms with van der Waals surface area (Å²) in [6, 6.07) is 3.07. The molecule has 0 aliphatic carbocycles. The van der Waals surface area contributed by atoms with E-state index in [1.165, 1.54) is 6.07 Å². The minimum Gasteiger partial charge on any atom is -0.345 e. The van der Waals surface area contributed by atoms with Crippen LogP contribution < -0.4 is 10.2 Å². The summed E-state index contributed by atoms with van der Waals surface area (Å²) in [6.45, 7) is -0.304. The molecule has 0 atom stereocenters. The van der Waals surface area contributed by atoms with Crippen LogP contribution in [0.4, 0.5) is 14.5 Å². The first-order valence-corrected chi connectivity index (χ1v) is 4.60. The van der Waals surface area contributed by atoms with Crippen LogP contribution >= 0.6 is 0 Å². The molecule has 1 fully saturated rings. The summed E-state index contributed by atoms with van der Waals surface area (Å²) >= 11 is 0. The van der Waals surface area contributed by atoms with Crippen LogP contribution in [0.25, 0.3) is 0 Å². The molecule has 4 nitrogen and oxygen atoms in total. The summed E-state index contributed by atoms with van der Waals surface area (Å²) < 4.78 is 25.6. The zero-order chi connectivity index (χ0) is 11.7. The lowest BCUT2D eigenvalue weighted by Crippen LogP contribution is -2.51. The quantitative estimate of drug-likeness (QED) is 0.754. The average molecular weight is 226 g/mol. The first kappa shape index (κ1) is 10.5. The van der Waals surface area contributed by atoms with Crippen LogP contribution in [0.15, 0.2) is 18.2 Å². The average Bonchev–Trinajstić information content (AvgIpc) is 2.26. The Morgan fingerprint density at radius 1 is 1.19 bits per heavy atom. The van der Waals surface area contributed by atoms with E-state index in [1.54, 1.807) is 0 Å². The number of rotatable bonds is 1. The van der Waals surface area contributed by atoms with Crippen molar-refractivity contribution in [2.24, 2.45) is 0 Å². The molecule has 1 aliphatic heterocycles. The molecule has 0 saturated carbocycles. The van der Waals surface area contributed by atoms with Gasteiger partial charge in [0.1, 0.15) is 6.54 Å². The van der Waals surface area contributed by atoms with Gasteiger partial charge in [-0.05, 0) is 12.1 Å². The van der Waals surface area contributed by atoms with Crippen molar-refractivity contribution in [1.82, 2.24) is 5.32 Å². The van der Waals surface area contributed by atoms with Crippen LogP contribution in [0.2, 0.25) is 0 Å². The van der Waals surface area contributed by atoms with Crippen molar-refractivity contribution in [2.45, 2.75) is 0 Å². The van der Waals surface area contributed by atoms with E-state index in [1.807, 2.05) is 0 Å². The molecule has 16 heavy (non-hydrogen) atoms. The van der Waals surface area contributed by atoms with Crippen molar-refractivity contribution < 1.29 is 18.4 Å². The molecule has 0 spiro atoms. The Kier molecular flexibility index (Phi) is 2.55. The second-order valence-corrected chi connectivity index (χ2v) is 3.36. The highest BCUT2D eigenvalue weighted by Gasteiger charge is 2.24. The second-order valence-electron chi connectivity index (χ2n) is 3.36. The molecule has 2 amide bonds. The first-order chi connectivity index (χ1) is 7.58. The van der Waals surface area contributed by atoms with E-state index in [0.29, 0.717) is 0 Å². The van der Waals surface area contributed by atoms with Crippen molar-refractivity contribution >= 4 is 17.5 Å². The number of halogens is 2. The molecule has 1 N–H and O–H groups in total. The molecule has 84 valence electrons. The van der Waals surface area contributed by atoms with Gasteiger partial charge in [-0.2, -0.15) is 0 Å². The molecule has 0 aromatic heterocycles. The number of amides is 2. The lowest BCUT2D eigenvalue weighted by Gasteiger charge is -2.26. The first-order valence-electron chi connectivity index (χ1n) is 4.60. The Morgan fingerprint density at radius 2 is 1.94 bits per heavy atom. The molecule has 1 saturated heterocycles. The Labute approximate surface area is 89.8 Å². The number of piperazine rings is 1. The van der Waals surface area contributed by atoms with Gasteiger partial charge in [0.15, 0.2) is 11.6 Å². The van der Waals surface area contributed by atoms with Crippen LogP contribution in [-0.4, -0.2) is 24.9 Å². The highest BCUT2D eigenvalue weighted by atomic mass is 19.2. The molecule has 1 aromatic rings. The van der Waals surface area contributed by atoms with E-state index in [9.17, 15) is 18.4 Å². The summed E-state index contributed by atoms with van der Waals surface area (Å²) in [4.78, 5) is 23.6. The van der Waals surface area contributed by atoms with Gasteiger partial charge in [0.05, 0.1) is 6.54 Å². The molecule has 1 aromatic carbocycles. The van der Waals surface area contributed by atoms with Gasteiger partial charge in [0.25, 0.3) is 0 Å². The summed E-state index contributed by atoms with van der Waals surface area (Å²) in [5.41, 5.74) is 0.179. The SMILES string of the molecule is O=C1CN(c2ccc(F)c(F)c2)C(=O)CN1. The third-order valence-electron chi connectivity index (χ3n) is 2.25. The van der Waals surface area contributed by atoms with E-state index in [4.69, 9.17) is 0 Å². The highest BCUT2D eigenvalue weighted by Crippen LogP contribution is 2.18. The van der Waals surface area contributed by atoms with Gasteiger partial charge in [-0.15, -0.1) is 0 Å². The number of hydrogen-bond donors (Lipinski definition) is 1. The smallest absolute Gasteiger partial charge is 0.246 e. The molecule has 1 heterocycles. The minimum atomic E-state index is -1.05. The lowest BCUT2D eigenvalue weighted by atomic mass is 10.2. The van der Waals surface area contributed by atoms with Gasteiger partial charge in [0.2, 0.25) is 11.8 Å². The van der Waals surface area contributed by atoms with Crippen molar-refractivity contribution in [3.05, 3.63) is 29.8 Å². The molecule has 6 heteroatoms. The largest absolute Gasteiger partial charge is 0.345 e. The Hall–Kier alpha value is -1.98. The van der Waals surface area contributed by atoms with Gasteiger partial charge in [-0.3, -0.25) is 9.59 Å². The number of anilines is 1. The third kappa shape index (κ3) is 1.86. The predicted molar refractivity (Wildman–Crippen MR) is 51.7 cm³/mol. The fraction of sp³-hybridized carbons (Fsp3) is 0.200. The van der Waals surface area contributed by atoms with E-state index >= 15 is 0 Å².